The van der Waals surface area contributed by atoms with Crippen molar-refractivity contribution in [3.05, 3.63) is 34.4 Å². The minimum Gasteiger partial charge on any atom is -0.192 e. The van der Waals surface area contributed by atoms with E-state index in [4.69, 9.17) is 10.5 Å². The van der Waals surface area contributed by atoms with Crippen molar-refractivity contribution in [3.63, 3.8) is 0 Å². The highest BCUT2D eigenvalue weighted by Gasteiger charge is 2.13. The first-order valence-corrected chi connectivity index (χ1v) is 6.14. The topological polar surface area (TPSA) is 47.6 Å². The monoisotopic (exact) mass is 226 g/mol. The van der Waals surface area contributed by atoms with Crippen molar-refractivity contribution >= 4 is 0 Å². The van der Waals surface area contributed by atoms with Gasteiger partial charge in [-0.25, -0.2) is 0 Å². The minimum absolute atomic E-state index is 0.441. The van der Waals surface area contributed by atoms with Crippen LogP contribution in [0.15, 0.2) is 12.1 Å². The van der Waals surface area contributed by atoms with Crippen LogP contribution in [-0.2, 0) is 6.42 Å². The number of aryl methyl sites for hydroxylation is 1. The molecule has 2 nitrogen and oxygen atoms in total. The van der Waals surface area contributed by atoms with Gasteiger partial charge in [-0.05, 0) is 42.0 Å². The third-order valence-electron chi connectivity index (χ3n) is 3.18. The number of nitriles is 2. The third kappa shape index (κ3) is 2.86. The van der Waals surface area contributed by atoms with Gasteiger partial charge in [-0.1, -0.05) is 27.2 Å². The highest BCUT2D eigenvalue weighted by molar-refractivity contribution is 5.51. The molecule has 0 saturated carbocycles. The Morgan fingerprint density at radius 1 is 1.12 bits per heavy atom. The highest BCUT2D eigenvalue weighted by atomic mass is 14.3. The van der Waals surface area contributed by atoms with Gasteiger partial charge in [0.05, 0.1) is 11.1 Å². The molecule has 0 saturated heterocycles. The van der Waals surface area contributed by atoms with Gasteiger partial charge in [0.15, 0.2) is 0 Å². The number of benzene rings is 1. The molecule has 0 bridgehead atoms. The molecule has 88 valence electrons. The fourth-order valence-corrected chi connectivity index (χ4v) is 2.01. The predicted octanol–water partition coefficient (Wildman–Crippen LogP) is 3.90. The molecule has 0 radical (unpaired) electrons. The molecule has 1 aromatic rings. The van der Waals surface area contributed by atoms with Crippen LogP contribution in [0.3, 0.4) is 0 Å². The van der Waals surface area contributed by atoms with Crippen LogP contribution in [0.25, 0.3) is 0 Å². The number of hydrogen-bond acceptors (Lipinski definition) is 2. The molecule has 0 heterocycles. The second-order valence-electron chi connectivity index (χ2n) is 4.38. The van der Waals surface area contributed by atoms with Crippen LogP contribution in [0.4, 0.5) is 0 Å². The van der Waals surface area contributed by atoms with Crippen LogP contribution in [0, 0.1) is 22.7 Å². The van der Waals surface area contributed by atoms with Crippen molar-refractivity contribution < 1.29 is 0 Å². The summed E-state index contributed by atoms with van der Waals surface area (Å²) in [6.45, 7) is 6.44. The van der Waals surface area contributed by atoms with E-state index >= 15 is 0 Å². The van der Waals surface area contributed by atoms with Crippen molar-refractivity contribution in [2.24, 2.45) is 0 Å². The molecule has 0 aliphatic carbocycles. The van der Waals surface area contributed by atoms with Crippen molar-refractivity contribution in [3.8, 4) is 12.1 Å². The van der Waals surface area contributed by atoms with E-state index in [2.05, 4.69) is 32.9 Å². The van der Waals surface area contributed by atoms with Gasteiger partial charge in [0.2, 0.25) is 0 Å². The molecule has 17 heavy (non-hydrogen) atoms. The molecule has 2 heteroatoms. The summed E-state index contributed by atoms with van der Waals surface area (Å²) in [5.41, 5.74) is 3.45. The van der Waals surface area contributed by atoms with Crippen LogP contribution >= 0.6 is 0 Å². The van der Waals surface area contributed by atoms with E-state index in [0.29, 0.717) is 17.0 Å². The standard InChI is InChI=1S/C15H18N2/c1-4-6-12-7-13(9-16)14(10-17)8-15(12)11(3)5-2/h7-8,11H,4-6H2,1-3H3. The Morgan fingerprint density at radius 3 is 2.18 bits per heavy atom. The van der Waals surface area contributed by atoms with Gasteiger partial charge in [-0.3, -0.25) is 0 Å². The molecule has 0 amide bonds. The molecule has 0 aliphatic rings. The van der Waals surface area contributed by atoms with Crippen LogP contribution in [0.1, 0.15) is 61.8 Å². The summed E-state index contributed by atoms with van der Waals surface area (Å²) < 4.78 is 0. The van der Waals surface area contributed by atoms with Gasteiger partial charge < -0.3 is 0 Å². The van der Waals surface area contributed by atoms with Gasteiger partial charge in [-0.2, -0.15) is 10.5 Å². The van der Waals surface area contributed by atoms with E-state index in [0.717, 1.165) is 19.3 Å². The quantitative estimate of drug-likeness (QED) is 0.781. The molecule has 1 aromatic carbocycles. The zero-order valence-electron chi connectivity index (χ0n) is 10.7. The van der Waals surface area contributed by atoms with Crippen molar-refractivity contribution in [1.29, 1.82) is 10.5 Å². The normalized spacial score (nSPS) is 11.6. The minimum atomic E-state index is 0.441. The molecule has 0 aromatic heterocycles. The number of rotatable bonds is 4. The first-order valence-electron chi connectivity index (χ1n) is 6.14. The average molecular weight is 226 g/mol. The van der Waals surface area contributed by atoms with Crippen molar-refractivity contribution in [1.82, 2.24) is 0 Å². The predicted molar refractivity (Wildman–Crippen MR) is 68.6 cm³/mol. The van der Waals surface area contributed by atoms with Gasteiger partial charge in [0.1, 0.15) is 12.1 Å². The number of nitrogens with zero attached hydrogens (tertiary/aromatic N) is 2. The zero-order chi connectivity index (χ0) is 12.8. The van der Waals surface area contributed by atoms with E-state index in [-0.39, 0.29) is 0 Å². The third-order valence-corrected chi connectivity index (χ3v) is 3.18. The highest BCUT2D eigenvalue weighted by Crippen LogP contribution is 2.27. The smallest absolute Gasteiger partial charge is 0.101 e. The molecular weight excluding hydrogens is 208 g/mol. The van der Waals surface area contributed by atoms with Crippen LogP contribution in [0.5, 0.6) is 0 Å². The Hall–Kier alpha value is -1.80. The maximum absolute atomic E-state index is 9.05. The summed E-state index contributed by atoms with van der Waals surface area (Å²) in [5.74, 6) is 0.441. The summed E-state index contributed by atoms with van der Waals surface area (Å²) >= 11 is 0. The second-order valence-corrected chi connectivity index (χ2v) is 4.38. The van der Waals surface area contributed by atoms with Gasteiger partial charge >= 0.3 is 0 Å². The molecular formula is C15H18N2. The number of hydrogen-bond donors (Lipinski definition) is 0. The van der Waals surface area contributed by atoms with Crippen LogP contribution in [0.2, 0.25) is 0 Å². The lowest BCUT2D eigenvalue weighted by molar-refractivity contribution is 0.717. The summed E-state index contributed by atoms with van der Waals surface area (Å²) in [4.78, 5) is 0. The molecule has 0 aliphatic heterocycles. The van der Waals surface area contributed by atoms with Crippen LogP contribution in [-0.4, -0.2) is 0 Å². The maximum atomic E-state index is 9.05. The Bertz CT molecular complexity index is 475. The lowest BCUT2D eigenvalue weighted by Gasteiger charge is -2.15. The van der Waals surface area contributed by atoms with Gasteiger partial charge in [0.25, 0.3) is 0 Å². The lowest BCUT2D eigenvalue weighted by atomic mass is 9.88. The van der Waals surface area contributed by atoms with Crippen molar-refractivity contribution in [2.45, 2.75) is 46.0 Å². The molecule has 1 unspecified atom stereocenters. The summed E-state index contributed by atoms with van der Waals surface area (Å²) in [7, 11) is 0. The fourth-order valence-electron chi connectivity index (χ4n) is 2.01. The summed E-state index contributed by atoms with van der Waals surface area (Å²) in [6, 6.07) is 8.01. The van der Waals surface area contributed by atoms with E-state index in [1.807, 2.05) is 12.1 Å². The maximum Gasteiger partial charge on any atom is 0.101 e. The zero-order valence-corrected chi connectivity index (χ0v) is 10.7. The van der Waals surface area contributed by atoms with E-state index in [9.17, 15) is 0 Å². The Morgan fingerprint density at radius 2 is 1.71 bits per heavy atom. The van der Waals surface area contributed by atoms with Crippen LogP contribution < -0.4 is 0 Å². The van der Waals surface area contributed by atoms with Gasteiger partial charge in [0, 0.05) is 0 Å². The molecule has 1 atom stereocenters. The first-order chi connectivity index (χ1) is 8.17. The van der Waals surface area contributed by atoms with E-state index in [1.54, 1.807) is 0 Å². The first kappa shape index (κ1) is 13.3. The fraction of sp³-hybridized carbons (Fsp3) is 0.467. The average Bonchev–Trinajstić information content (AvgIpc) is 2.37. The Kier molecular flexibility index (Phi) is 4.73. The van der Waals surface area contributed by atoms with E-state index < -0.39 is 0 Å². The van der Waals surface area contributed by atoms with Gasteiger partial charge in [-0.15, -0.1) is 0 Å². The second kappa shape index (κ2) is 6.06. The summed E-state index contributed by atoms with van der Waals surface area (Å²) in [5, 5.41) is 18.1. The van der Waals surface area contributed by atoms with E-state index in [1.165, 1.54) is 11.1 Å². The van der Waals surface area contributed by atoms with Crippen molar-refractivity contribution in [2.75, 3.05) is 0 Å². The lowest BCUT2D eigenvalue weighted by Crippen LogP contribution is -2.01. The SMILES string of the molecule is CCCc1cc(C#N)c(C#N)cc1C(C)CC. The summed E-state index contributed by atoms with van der Waals surface area (Å²) in [6.07, 6.45) is 3.08. The Balaban J connectivity index is 3.37. The largest absolute Gasteiger partial charge is 0.192 e. The molecule has 0 spiro atoms. The Labute approximate surface area is 104 Å². The molecule has 0 N–H and O–H groups in total. The molecule has 0 fully saturated rings. The molecule has 1 rings (SSSR count).